The average molecular weight is 703 g/mol. The zero-order valence-corrected chi connectivity index (χ0v) is 28.6. The second kappa shape index (κ2) is 15.7. The average Bonchev–Trinajstić information content (AvgIpc) is 3.02. The van der Waals surface area contributed by atoms with Gasteiger partial charge in [0.1, 0.15) is 18.3 Å². The smallest absolute Gasteiger partial charge is 0.264 e. The second-order valence-corrected chi connectivity index (χ2v) is 13.9. The number of amides is 2. The summed E-state index contributed by atoms with van der Waals surface area (Å²) in [5, 5.41) is 3.78. The number of carbonyl (C=O) groups excluding carboxylic acids is 2. The first kappa shape index (κ1) is 35.1. The molecule has 0 aromatic heterocycles. The van der Waals surface area contributed by atoms with E-state index in [2.05, 4.69) is 5.32 Å². The number of rotatable bonds is 13. The van der Waals surface area contributed by atoms with Gasteiger partial charge in [0.15, 0.2) is 0 Å². The maximum atomic E-state index is 14.5. The minimum atomic E-state index is -4.32. The first-order chi connectivity index (χ1) is 21.9. The number of hydrogen-bond acceptors (Lipinski definition) is 5. The minimum absolute atomic E-state index is 0.0693. The molecule has 1 atom stereocenters. The lowest BCUT2D eigenvalue weighted by Crippen LogP contribution is -2.54. The monoisotopic (exact) mass is 701 g/mol. The van der Waals surface area contributed by atoms with Gasteiger partial charge in [0.25, 0.3) is 10.0 Å². The van der Waals surface area contributed by atoms with Crippen molar-refractivity contribution in [3.8, 4) is 5.75 Å². The highest BCUT2D eigenvalue weighted by Gasteiger charge is 2.35. The van der Waals surface area contributed by atoms with E-state index in [0.717, 1.165) is 9.87 Å². The van der Waals surface area contributed by atoms with E-state index in [4.69, 9.17) is 39.5 Å². The lowest BCUT2D eigenvalue weighted by Gasteiger charge is -2.34. The summed E-state index contributed by atoms with van der Waals surface area (Å²) in [6, 6.07) is 24.9. The number of anilines is 1. The van der Waals surface area contributed by atoms with Crippen molar-refractivity contribution in [1.82, 2.24) is 10.2 Å². The summed E-state index contributed by atoms with van der Waals surface area (Å²) in [6.45, 7) is 2.82. The molecule has 0 aliphatic heterocycles. The number of halogens is 3. The number of sulfonamides is 1. The van der Waals surface area contributed by atoms with E-state index in [1.165, 1.54) is 42.3 Å². The van der Waals surface area contributed by atoms with E-state index in [0.29, 0.717) is 21.4 Å². The number of ether oxygens (including phenoxy) is 1. The van der Waals surface area contributed by atoms with Gasteiger partial charge < -0.3 is 15.0 Å². The van der Waals surface area contributed by atoms with Crippen LogP contribution in [0.5, 0.6) is 5.75 Å². The standard InChI is InChI=1S/C34H34Cl3N3O5S/c1-23(2)38-34(42)32(19-24-9-5-4-6-10-24)39(21-29-30(36)13-8-14-31(29)37)33(41)22-40(26-12-7-11-25(35)20-26)46(43,44)28-17-15-27(45-3)16-18-28/h4-18,20,23,32H,19,21-22H2,1-3H3,(H,38,42)/t32-/m0/s1. The van der Waals surface area contributed by atoms with E-state index in [-0.39, 0.29) is 34.6 Å². The fraction of sp³-hybridized carbons (Fsp3) is 0.235. The maximum absolute atomic E-state index is 14.5. The molecule has 4 aromatic rings. The number of carbonyl (C=O) groups is 2. The quantitative estimate of drug-likeness (QED) is 0.162. The molecule has 0 saturated heterocycles. The van der Waals surface area contributed by atoms with Crippen LogP contribution in [0.4, 0.5) is 5.69 Å². The van der Waals surface area contributed by atoms with Crippen LogP contribution in [0.15, 0.2) is 102 Å². The van der Waals surface area contributed by atoms with Crippen LogP contribution < -0.4 is 14.4 Å². The third-order valence-electron chi connectivity index (χ3n) is 7.11. The molecule has 12 heteroatoms. The molecule has 0 heterocycles. The molecule has 4 rings (SSSR count). The number of hydrogen-bond donors (Lipinski definition) is 1. The second-order valence-electron chi connectivity index (χ2n) is 10.8. The van der Waals surface area contributed by atoms with Gasteiger partial charge in [-0.15, -0.1) is 0 Å². The van der Waals surface area contributed by atoms with Crippen molar-refractivity contribution in [2.24, 2.45) is 0 Å². The van der Waals surface area contributed by atoms with Crippen LogP contribution in [-0.4, -0.2) is 50.9 Å². The van der Waals surface area contributed by atoms with Gasteiger partial charge in [-0.25, -0.2) is 8.42 Å². The summed E-state index contributed by atoms with van der Waals surface area (Å²) >= 11 is 19.4. The first-order valence-corrected chi connectivity index (χ1v) is 17.0. The molecule has 242 valence electrons. The van der Waals surface area contributed by atoms with E-state index in [1.807, 2.05) is 44.2 Å². The highest BCUT2D eigenvalue weighted by Crippen LogP contribution is 2.30. The molecule has 0 spiro atoms. The first-order valence-electron chi connectivity index (χ1n) is 14.4. The molecule has 1 N–H and O–H groups in total. The van der Waals surface area contributed by atoms with Gasteiger partial charge in [-0.1, -0.05) is 77.3 Å². The predicted octanol–water partition coefficient (Wildman–Crippen LogP) is 7.02. The van der Waals surface area contributed by atoms with Crippen LogP contribution in [0.1, 0.15) is 25.0 Å². The molecule has 0 bridgehead atoms. The Morgan fingerprint density at radius 1 is 0.848 bits per heavy atom. The van der Waals surface area contributed by atoms with Gasteiger partial charge in [-0.05, 0) is 74.0 Å². The Hall–Kier alpha value is -3.76. The van der Waals surface area contributed by atoms with Gasteiger partial charge in [-0.3, -0.25) is 13.9 Å². The molecule has 0 aliphatic carbocycles. The summed E-state index contributed by atoms with van der Waals surface area (Å²) in [7, 11) is -2.84. The summed E-state index contributed by atoms with van der Waals surface area (Å²) < 4.78 is 34.5. The summed E-state index contributed by atoms with van der Waals surface area (Å²) in [4.78, 5) is 29.6. The molecular formula is C34H34Cl3N3O5S. The molecule has 2 amide bonds. The lowest BCUT2D eigenvalue weighted by molar-refractivity contribution is -0.140. The number of methoxy groups -OCH3 is 1. The van der Waals surface area contributed by atoms with Gasteiger partial charge in [0.05, 0.1) is 17.7 Å². The summed E-state index contributed by atoms with van der Waals surface area (Å²) in [6.07, 6.45) is 0.148. The molecule has 0 aliphatic rings. The van der Waals surface area contributed by atoms with E-state index in [1.54, 1.807) is 36.4 Å². The highest BCUT2D eigenvalue weighted by atomic mass is 35.5. The van der Waals surface area contributed by atoms with Crippen molar-refractivity contribution >= 4 is 62.3 Å². The minimum Gasteiger partial charge on any atom is -0.497 e. The summed E-state index contributed by atoms with van der Waals surface area (Å²) in [5.74, 6) is -0.609. The molecule has 0 saturated carbocycles. The molecular weight excluding hydrogens is 669 g/mol. The summed E-state index contributed by atoms with van der Waals surface area (Å²) in [5.41, 5.74) is 1.38. The number of benzene rings is 4. The lowest BCUT2D eigenvalue weighted by atomic mass is 10.0. The molecule has 4 aromatic carbocycles. The third kappa shape index (κ3) is 8.73. The van der Waals surface area contributed by atoms with Crippen LogP contribution in [0.2, 0.25) is 15.1 Å². The van der Waals surface area contributed by atoms with Crippen molar-refractivity contribution in [3.05, 3.63) is 123 Å². The van der Waals surface area contributed by atoms with Crippen molar-refractivity contribution < 1.29 is 22.7 Å². The van der Waals surface area contributed by atoms with E-state index < -0.39 is 34.4 Å². The number of nitrogens with zero attached hydrogens (tertiary/aromatic N) is 2. The highest BCUT2D eigenvalue weighted by molar-refractivity contribution is 7.92. The Morgan fingerprint density at radius 2 is 1.48 bits per heavy atom. The SMILES string of the molecule is COc1ccc(S(=O)(=O)N(CC(=O)N(Cc2c(Cl)cccc2Cl)[C@@H](Cc2ccccc2)C(=O)NC(C)C)c2cccc(Cl)c2)cc1. The van der Waals surface area contributed by atoms with Crippen molar-refractivity contribution in [3.63, 3.8) is 0 Å². The van der Waals surface area contributed by atoms with Crippen molar-refractivity contribution in [1.29, 1.82) is 0 Å². The zero-order valence-electron chi connectivity index (χ0n) is 25.5. The number of nitrogens with one attached hydrogen (secondary N) is 1. The van der Waals surface area contributed by atoms with Crippen molar-refractivity contribution in [2.45, 2.75) is 43.8 Å². The molecule has 0 radical (unpaired) electrons. The topological polar surface area (TPSA) is 96.0 Å². The molecule has 0 fully saturated rings. The van der Waals surface area contributed by atoms with Crippen LogP contribution in [-0.2, 0) is 32.6 Å². The molecule has 8 nitrogen and oxygen atoms in total. The van der Waals surface area contributed by atoms with Crippen LogP contribution in [0, 0.1) is 0 Å². The van der Waals surface area contributed by atoms with Gasteiger partial charge in [0, 0.05) is 39.6 Å². The van der Waals surface area contributed by atoms with Gasteiger partial charge >= 0.3 is 0 Å². The van der Waals surface area contributed by atoms with Gasteiger partial charge in [-0.2, -0.15) is 0 Å². The fourth-order valence-electron chi connectivity index (χ4n) is 4.82. The maximum Gasteiger partial charge on any atom is 0.264 e. The molecule has 0 unspecified atom stereocenters. The van der Waals surface area contributed by atoms with Gasteiger partial charge in [0.2, 0.25) is 11.8 Å². The van der Waals surface area contributed by atoms with Crippen molar-refractivity contribution in [2.75, 3.05) is 18.0 Å². The van der Waals surface area contributed by atoms with E-state index in [9.17, 15) is 18.0 Å². The zero-order chi connectivity index (χ0) is 33.4. The Morgan fingerprint density at radius 3 is 2.07 bits per heavy atom. The van der Waals surface area contributed by atoms with Crippen LogP contribution in [0.3, 0.4) is 0 Å². The fourth-order valence-corrected chi connectivity index (χ4v) is 6.93. The Bertz CT molecular complexity index is 1750. The Kier molecular flexibility index (Phi) is 12.0. The molecule has 46 heavy (non-hydrogen) atoms. The Balaban J connectivity index is 1.84. The third-order valence-corrected chi connectivity index (χ3v) is 9.85. The Labute approximate surface area is 284 Å². The predicted molar refractivity (Wildman–Crippen MR) is 183 cm³/mol. The van der Waals surface area contributed by atoms with Crippen LogP contribution in [0.25, 0.3) is 0 Å². The largest absolute Gasteiger partial charge is 0.497 e. The normalized spacial score (nSPS) is 12.0. The van der Waals surface area contributed by atoms with Crippen LogP contribution >= 0.6 is 34.8 Å². The van der Waals surface area contributed by atoms with E-state index >= 15 is 0 Å².